The molecular weight excluding hydrogens is 242 g/mol. The van der Waals surface area contributed by atoms with Gasteiger partial charge in [-0.25, -0.2) is 9.97 Å². The third-order valence-corrected chi connectivity index (χ3v) is 2.74. The standard InChI is InChI=1S/C14H17N3O2/c1-9(2)8-17(3)14(19)12-13(18)16-11-7-5-4-6-10(11)15-12/h4-7,9H,8H2,1-3H3,(H,16,18). The number of hydrogen-bond donors (Lipinski definition) is 1. The summed E-state index contributed by atoms with van der Waals surface area (Å²) in [5.41, 5.74) is 1.17. The van der Waals surface area contributed by atoms with Crippen LogP contribution in [-0.2, 0) is 0 Å². The van der Waals surface area contributed by atoms with Crippen molar-refractivity contribution in [3.63, 3.8) is 0 Å². The molecule has 100 valence electrons. The second kappa shape index (κ2) is 5.22. The lowest BCUT2D eigenvalue weighted by atomic mass is 10.2. The van der Waals surface area contributed by atoms with E-state index in [9.17, 15) is 9.90 Å². The fraction of sp³-hybridized carbons (Fsp3) is 0.357. The van der Waals surface area contributed by atoms with Crippen molar-refractivity contribution in [3.8, 4) is 5.88 Å². The third-order valence-electron chi connectivity index (χ3n) is 2.74. The molecule has 0 atom stereocenters. The molecule has 1 aromatic heterocycles. The highest BCUT2D eigenvalue weighted by atomic mass is 16.3. The zero-order chi connectivity index (χ0) is 14.0. The van der Waals surface area contributed by atoms with Crippen LogP contribution in [-0.4, -0.2) is 39.5 Å². The Morgan fingerprint density at radius 1 is 1.26 bits per heavy atom. The summed E-state index contributed by atoms with van der Waals surface area (Å²) in [4.78, 5) is 22.0. The number of aromatic hydroxyl groups is 1. The predicted octanol–water partition coefficient (Wildman–Crippen LogP) is 2.06. The lowest BCUT2D eigenvalue weighted by Gasteiger charge is -2.19. The first-order valence-electron chi connectivity index (χ1n) is 6.20. The van der Waals surface area contributed by atoms with E-state index in [1.165, 1.54) is 0 Å². The Balaban J connectivity index is 2.39. The molecule has 5 heteroatoms. The summed E-state index contributed by atoms with van der Waals surface area (Å²) in [6.45, 7) is 4.65. The quantitative estimate of drug-likeness (QED) is 0.916. The van der Waals surface area contributed by atoms with Gasteiger partial charge in [0.25, 0.3) is 5.91 Å². The van der Waals surface area contributed by atoms with Crippen LogP contribution in [0.15, 0.2) is 24.3 Å². The zero-order valence-corrected chi connectivity index (χ0v) is 11.3. The van der Waals surface area contributed by atoms with Crippen molar-refractivity contribution in [2.45, 2.75) is 13.8 Å². The maximum Gasteiger partial charge on any atom is 0.277 e. The highest BCUT2D eigenvalue weighted by molar-refractivity contribution is 5.96. The molecule has 1 aromatic carbocycles. The van der Waals surface area contributed by atoms with Crippen LogP contribution in [0.25, 0.3) is 11.0 Å². The number of carbonyl (C=O) groups excluding carboxylic acids is 1. The van der Waals surface area contributed by atoms with Gasteiger partial charge in [0.2, 0.25) is 5.88 Å². The van der Waals surface area contributed by atoms with E-state index in [4.69, 9.17) is 0 Å². The van der Waals surface area contributed by atoms with Crippen molar-refractivity contribution in [2.75, 3.05) is 13.6 Å². The molecular formula is C14H17N3O2. The topological polar surface area (TPSA) is 66.3 Å². The number of carbonyl (C=O) groups is 1. The first-order chi connectivity index (χ1) is 8.99. The number of aromatic nitrogens is 2. The Bertz CT molecular complexity index is 611. The number of fused-ring (bicyclic) bond motifs is 1. The number of para-hydroxylation sites is 2. The predicted molar refractivity (Wildman–Crippen MR) is 73.0 cm³/mol. The number of hydrogen-bond acceptors (Lipinski definition) is 4. The van der Waals surface area contributed by atoms with Crippen LogP contribution < -0.4 is 0 Å². The molecule has 0 radical (unpaired) electrons. The number of amides is 1. The Labute approximate surface area is 111 Å². The van der Waals surface area contributed by atoms with E-state index in [0.29, 0.717) is 23.5 Å². The van der Waals surface area contributed by atoms with Crippen LogP contribution in [0.4, 0.5) is 0 Å². The molecule has 1 N–H and O–H groups in total. The molecule has 0 spiro atoms. The maximum atomic E-state index is 12.2. The van der Waals surface area contributed by atoms with Crippen molar-refractivity contribution >= 4 is 16.9 Å². The summed E-state index contributed by atoms with van der Waals surface area (Å²) >= 11 is 0. The van der Waals surface area contributed by atoms with Gasteiger partial charge in [-0.05, 0) is 18.1 Å². The molecule has 0 fully saturated rings. The normalized spacial score (nSPS) is 10.9. The molecule has 0 aliphatic heterocycles. The Morgan fingerprint density at radius 2 is 1.84 bits per heavy atom. The Hall–Kier alpha value is -2.17. The molecule has 0 aliphatic carbocycles. The monoisotopic (exact) mass is 259 g/mol. The zero-order valence-electron chi connectivity index (χ0n) is 11.3. The Kier molecular flexibility index (Phi) is 3.64. The molecule has 0 aliphatic rings. The highest BCUT2D eigenvalue weighted by Gasteiger charge is 2.20. The number of benzene rings is 1. The largest absolute Gasteiger partial charge is 0.492 e. The van der Waals surface area contributed by atoms with Gasteiger partial charge in [0.1, 0.15) is 0 Å². The summed E-state index contributed by atoms with van der Waals surface area (Å²) in [7, 11) is 1.69. The van der Waals surface area contributed by atoms with Crippen LogP contribution in [0.5, 0.6) is 5.88 Å². The molecule has 1 amide bonds. The first kappa shape index (κ1) is 13.3. The van der Waals surface area contributed by atoms with Gasteiger partial charge < -0.3 is 10.0 Å². The summed E-state index contributed by atoms with van der Waals surface area (Å²) in [5, 5.41) is 9.84. The van der Waals surface area contributed by atoms with E-state index < -0.39 is 0 Å². The van der Waals surface area contributed by atoms with E-state index in [1.807, 2.05) is 26.0 Å². The first-order valence-corrected chi connectivity index (χ1v) is 6.20. The van der Waals surface area contributed by atoms with Gasteiger partial charge in [-0.15, -0.1) is 0 Å². The minimum absolute atomic E-state index is 0.00171. The van der Waals surface area contributed by atoms with Gasteiger partial charge in [0.15, 0.2) is 5.69 Å². The third kappa shape index (κ3) is 2.81. The van der Waals surface area contributed by atoms with Gasteiger partial charge in [0.05, 0.1) is 11.0 Å². The molecule has 2 aromatic rings. The number of rotatable bonds is 3. The van der Waals surface area contributed by atoms with E-state index in [2.05, 4.69) is 9.97 Å². The van der Waals surface area contributed by atoms with Gasteiger partial charge in [-0.1, -0.05) is 26.0 Å². The smallest absolute Gasteiger partial charge is 0.277 e. The molecule has 1 heterocycles. The highest BCUT2D eigenvalue weighted by Crippen LogP contribution is 2.18. The van der Waals surface area contributed by atoms with E-state index in [-0.39, 0.29) is 17.5 Å². The lowest BCUT2D eigenvalue weighted by molar-refractivity contribution is 0.0769. The lowest BCUT2D eigenvalue weighted by Crippen LogP contribution is -2.31. The number of nitrogens with zero attached hydrogens (tertiary/aromatic N) is 3. The second-order valence-corrected chi connectivity index (χ2v) is 4.96. The Morgan fingerprint density at radius 3 is 2.42 bits per heavy atom. The van der Waals surface area contributed by atoms with Crippen LogP contribution in [0, 0.1) is 5.92 Å². The summed E-state index contributed by atoms with van der Waals surface area (Å²) in [5.74, 6) is -0.284. The van der Waals surface area contributed by atoms with E-state index in [1.54, 1.807) is 24.1 Å². The molecule has 0 bridgehead atoms. The van der Waals surface area contributed by atoms with Crippen molar-refractivity contribution in [1.29, 1.82) is 0 Å². The molecule has 19 heavy (non-hydrogen) atoms. The fourth-order valence-electron chi connectivity index (χ4n) is 1.95. The van der Waals surface area contributed by atoms with Crippen LogP contribution >= 0.6 is 0 Å². The molecule has 2 rings (SSSR count). The van der Waals surface area contributed by atoms with Crippen molar-refractivity contribution in [1.82, 2.24) is 14.9 Å². The SMILES string of the molecule is CC(C)CN(C)C(=O)c1nc2ccccc2nc1O. The van der Waals surface area contributed by atoms with Crippen molar-refractivity contribution in [3.05, 3.63) is 30.0 Å². The molecule has 5 nitrogen and oxygen atoms in total. The van der Waals surface area contributed by atoms with E-state index in [0.717, 1.165) is 0 Å². The van der Waals surface area contributed by atoms with Crippen molar-refractivity contribution in [2.24, 2.45) is 5.92 Å². The van der Waals surface area contributed by atoms with Gasteiger partial charge in [0, 0.05) is 13.6 Å². The van der Waals surface area contributed by atoms with E-state index >= 15 is 0 Å². The van der Waals surface area contributed by atoms with Gasteiger partial charge in [-0.2, -0.15) is 0 Å². The minimum atomic E-state index is -0.320. The van der Waals surface area contributed by atoms with Crippen molar-refractivity contribution < 1.29 is 9.90 Å². The summed E-state index contributed by atoms with van der Waals surface area (Å²) in [6.07, 6.45) is 0. The van der Waals surface area contributed by atoms with Gasteiger partial charge >= 0.3 is 0 Å². The molecule has 0 unspecified atom stereocenters. The van der Waals surface area contributed by atoms with Crippen LogP contribution in [0.1, 0.15) is 24.3 Å². The second-order valence-electron chi connectivity index (χ2n) is 4.96. The average molecular weight is 259 g/mol. The maximum absolute atomic E-state index is 12.2. The molecule has 0 saturated carbocycles. The van der Waals surface area contributed by atoms with Crippen LogP contribution in [0.2, 0.25) is 0 Å². The fourth-order valence-corrected chi connectivity index (χ4v) is 1.95. The average Bonchev–Trinajstić information content (AvgIpc) is 2.36. The van der Waals surface area contributed by atoms with Gasteiger partial charge in [-0.3, -0.25) is 4.79 Å². The summed E-state index contributed by atoms with van der Waals surface area (Å²) < 4.78 is 0. The minimum Gasteiger partial charge on any atom is -0.492 e. The van der Waals surface area contributed by atoms with Crippen LogP contribution in [0.3, 0.4) is 0 Å². The summed E-state index contributed by atoms with van der Waals surface area (Å²) in [6, 6.07) is 7.14. The molecule has 0 saturated heterocycles.